The summed E-state index contributed by atoms with van der Waals surface area (Å²) in [6.07, 6.45) is 1.50. The molecule has 0 heterocycles. The van der Waals surface area contributed by atoms with Gasteiger partial charge in [0.05, 0.1) is 11.1 Å². The van der Waals surface area contributed by atoms with E-state index in [1.807, 2.05) is 84.9 Å². The molecule has 0 saturated heterocycles. The molecule has 3 aromatic carbocycles. The maximum atomic E-state index is 13.4. The van der Waals surface area contributed by atoms with Crippen LogP contribution in [0.25, 0.3) is 0 Å². The van der Waals surface area contributed by atoms with Crippen LogP contribution in [0.3, 0.4) is 0 Å². The lowest BCUT2D eigenvalue weighted by Gasteiger charge is -2.39. The molecule has 246 valence electrons. The SMILES string of the molecule is CC(N=Cc1cc(Cl)cc(Cl)c1O)C(O)(c1cc(C(C)(C)C)ccc1OC(C)(C)C)c1cc(C(C)(C)C)ccc1OC(C)(C)C. The summed E-state index contributed by atoms with van der Waals surface area (Å²) in [7, 11) is 0. The van der Waals surface area contributed by atoms with Gasteiger partial charge in [0.2, 0.25) is 0 Å². The molecule has 45 heavy (non-hydrogen) atoms. The van der Waals surface area contributed by atoms with Gasteiger partial charge in [-0.25, -0.2) is 0 Å². The van der Waals surface area contributed by atoms with E-state index in [2.05, 4.69) is 41.5 Å². The molecule has 1 unspecified atom stereocenters. The number of rotatable bonds is 7. The van der Waals surface area contributed by atoms with Gasteiger partial charge >= 0.3 is 0 Å². The van der Waals surface area contributed by atoms with Gasteiger partial charge in [0.25, 0.3) is 0 Å². The zero-order chi connectivity index (χ0) is 34.3. The smallest absolute Gasteiger partial charge is 0.144 e. The minimum atomic E-state index is -1.75. The minimum Gasteiger partial charge on any atom is -0.506 e. The Balaban J connectivity index is 2.49. The number of phenolic OH excluding ortho intramolecular Hbond substituents is 1. The van der Waals surface area contributed by atoms with Gasteiger partial charge in [-0.05, 0) is 107 Å². The Hall–Kier alpha value is -2.73. The Labute approximate surface area is 280 Å². The van der Waals surface area contributed by atoms with E-state index in [1.54, 1.807) is 6.07 Å². The van der Waals surface area contributed by atoms with E-state index in [0.717, 1.165) is 11.1 Å². The van der Waals surface area contributed by atoms with Crippen LogP contribution in [0.1, 0.15) is 118 Å². The monoisotopic (exact) mass is 655 g/mol. The van der Waals surface area contributed by atoms with Crippen molar-refractivity contribution in [2.45, 2.75) is 124 Å². The van der Waals surface area contributed by atoms with E-state index in [4.69, 9.17) is 37.7 Å². The number of aliphatic imine (C=N–C) groups is 1. The maximum absolute atomic E-state index is 13.4. The standard InChI is InChI=1S/C38H51Cl2NO4/c1-23(41-22-24-18-27(39)21-30(40)33(24)42)38(43,28-19-25(34(2,3)4)14-16-31(28)44-36(8,9)10)29-20-26(35(5,6)7)15-17-32(29)45-37(11,12)13/h14-23,42-43H,1-13H3. The fourth-order valence-corrected chi connectivity index (χ4v) is 5.52. The van der Waals surface area contributed by atoms with E-state index >= 15 is 0 Å². The Morgan fingerprint density at radius 1 is 0.689 bits per heavy atom. The van der Waals surface area contributed by atoms with E-state index in [-0.39, 0.29) is 21.6 Å². The molecule has 0 amide bonds. The van der Waals surface area contributed by atoms with Crippen LogP contribution < -0.4 is 9.47 Å². The number of hydrogen-bond acceptors (Lipinski definition) is 5. The van der Waals surface area contributed by atoms with Crippen molar-refractivity contribution in [2.75, 3.05) is 0 Å². The van der Waals surface area contributed by atoms with Crippen LogP contribution in [-0.2, 0) is 16.4 Å². The summed E-state index contributed by atoms with van der Waals surface area (Å²) >= 11 is 12.5. The lowest BCUT2D eigenvalue weighted by molar-refractivity contribution is 0.0414. The summed E-state index contributed by atoms with van der Waals surface area (Å²) in [5.41, 5.74) is 0.229. The number of aliphatic hydroxyl groups is 1. The maximum Gasteiger partial charge on any atom is 0.144 e. The highest BCUT2D eigenvalue weighted by Gasteiger charge is 2.44. The third-order valence-electron chi connectivity index (χ3n) is 7.44. The van der Waals surface area contributed by atoms with E-state index < -0.39 is 22.8 Å². The Bertz CT molecular complexity index is 1470. The molecule has 0 aliphatic carbocycles. The second kappa shape index (κ2) is 12.8. The molecule has 0 radical (unpaired) electrons. The fraction of sp³-hybridized carbons (Fsp3) is 0.500. The number of ether oxygens (including phenoxy) is 2. The summed E-state index contributed by atoms with van der Waals surface area (Å²) in [5, 5.41) is 24.6. The van der Waals surface area contributed by atoms with E-state index in [1.165, 1.54) is 12.3 Å². The average molecular weight is 657 g/mol. The highest BCUT2D eigenvalue weighted by Crippen LogP contribution is 2.47. The van der Waals surface area contributed by atoms with Gasteiger partial charge in [-0.2, -0.15) is 0 Å². The lowest BCUT2D eigenvalue weighted by Crippen LogP contribution is -2.41. The molecule has 0 aliphatic heterocycles. The summed E-state index contributed by atoms with van der Waals surface area (Å²) in [5.74, 6) is 0.937. The van der Waals surface area contributed by atoms with Crippen LogP contribution >= 0.6 is 23.2 Å². The van der Waals surface area contributed by atoms with Gasteiger partial charge in [0.1, 0.15) is 34.1 Å². The molecular weight excluding hydrogens is 605 g/mol. The quantitative estimate of drug-likeness (QED) is 0.248. The van der Waals surface area contributed by atoms with Crippen molar-refractivity contribution in [1.29, 1.82) is 0 Å². The Morgan fingerprint density at radius 2 is 1.11 bits per heavy atom. The highest BCUT2D eigenvalue weighted by molar-refractivity contribution is 6.36. The summed E-state index contributed by atoms with van der Waals surface area (Å²) in [4.78, 5) is 4.86. The van der Waals surface area contributed by atoms with Crippen LogP contribution in [0.15, 0.2) is 53.5 Å². The molecule has 0 bridgehead atoms. The summed E-state index contributed by atoms with van der Waals surface area (Å²) in [6.45, 7) is 26.5. The normalized spacial score (nSPS) is 14.1. The number of nitrogens with zero attached hydrogens (tertiary/aromatic N) is 1. The van der Waals surface area contributed by atoms with Crippen molar-refractivity contribution in [2.24, 2.45) is 4.99 Å². The van der Waals surface area contributed by atoms with Crippen LogP contribution in [0, 0.1) is 0 Å². The van der Waals surface area contributed by atoms with Gasteiger partial charge in [-0.3, -0.25) is 4.99 Å². The van der Waals surface area contributed by atoms with Gasteiger partial charge in [-0.1, -0.05) is 76.9 Å². The van der Waals surface area contributed by atoms with Crippen LogP contribution in [0.2, 0.25) is 10.0 Å². The lowest BCUT2D eigenvalue weighted by atomic mass is 9.75. The molecule has 3 aromatic rings. The third-order valence-corrected chi connectivity index (χ3v) is 7.95. The average Bonchev–Trinajstić information content (AvgIpc) is 2.86. The minimum absolute atomic E-state index is 0.115. The topological polar surface area (TPSA) is 71.3 Å². The fourth-order valence-electron chi connectivity index (χ4n) is 5.01. The molecule has 3 rings (SSSR count). The van der Waals surface area contributed by atoms with Gasteiger partial charge in [0.15, 0.2) is 0 Å². The second-order valence-corrected chi connectivity index (χ2v) is 16.7. The van der Waals surface area contributed by atoms with Crippen molar-refractivity contribution in [3.8, 4) is 17.2 Å². The number of halogens is 2. The first-order chi connectivity index (χ1) is 20.3. The second-order valence-electron chi connectivity index (χ2n) is 15.9. The molecule has 0 spiro atoms. The van der Waals surface area contributed by atoms with Gasteiger partial charge < -0.3 is 19.7 Å². The zero-order valence-electron chi connectivity index (χ0n) is 29.2. The van der Waals surface area contributed by atoms with Crippen molar-refractivity contribution in [3.05, 3.63) is 86.4 Å². The predicted octanol–water partition coefficient (Wildman–Crippen LogP) is 10.4. The van der Waals surface area contributed by atoms with E-state index in [9.17, 15) is 10.2 Å². The van der Waals surface area contributed by atoms with Crippen molar-refractivity contribution >= 4 is 29.4 Å². The largest absolute Gasteiger partial charge is 0.506 e. The van der Waals surface area contributed by atoms with Crippen molar-refractivity contribution in [1.82, 2.24) is 0 Å². The van der Waals surface area contributed by atoms with Gasteiger partial charge in [-0.15, -0.1) is 0 Å². The molecular formula is C38H51Cl2NO4. The summed E-state index contributed by atoms with van der Waals surface area (Å²) < 4.78 is 13.1. The van der Waals surface area contributed by atoms with Crippen LogP contribution in [0.4, 0.5) is 0 Å². The first-order valence-corrected chi connectivity index (χ1v) is 16.2. The van der Waals surface area contributed by atoms with E-state index in [0.29, 0.717) is 33.2 Å². The Kier molecular flexibility index (Phi) is 10.5. The highest BCUT2D eigenvalue weighted by atomic mass is 35.5. The number of phenols is 1. The van der Waals surface area contributed by atoms with Gasteiger partial charge in [0, 0.05) is 27.9 Å². The molecule has 0 aliphatic rings. The third kappa shape index (κ3) is 8.96. The van der Waals surface area contributed by atoms with Crippen LogP contribution in [-0.4, -0.2) is 33.7 Å². The predicted molar refractivity (Wildman–Crippen MR) is 189 cm³/mol. The van der Waals surface area contributed by atoms with Crippen LogP contribution in [0.5, 0.6) is 17.2 Å². The molecule has 0 saturated carbocycles. The molecule has 7 heteroatoms. The molecule has 2 N–H and O–H groups in total. The Morgan fingerprint density at radius 3 is 1.49 bits per heavy atom. The first-order valence-electron chi connectivity index (χ1n) is 15.4. The summed E-state index contributed by atoms with van der Waals surface area (Å²) in [6, 6.07) is 14.2. The zero-order valence-corrected chi connectivity index (χ0v) is 30.7. The number of benzene rings is 3. The molecule has 0 fully saturated rings. The van der Waals surface area contributed by atoms with Crippen molar-refractivity contribution < 1.29 is 19.7 Å². The molecule has 5 nitrogen and oxygen atoms in total. The van der Waals surface area contributed by atoms with Crippen molar-refractivity contribution in [3.63, 3.8) is 0 Å². The molecule has 1 atom stereocenters. The molecule has 0 aromatic heterocycles. The number of hydrogen-bond donors (Lipinski definition) is 2. The number of aromatic hydroxyl groups is 1. The first kappa shape index (κ1) is 36.7.